The molecule has 0 radical (unpaired) electrons. The second-order valence-electron chi connectivity index (χ2n) is 9.53. The number of rotatable bonds is 5. The standard InChI is InChI=1S/C23H27F2N7O/c1-12-13(2)28-22-20(27-12)19(14-7-15(8-14)21(24)25)29-23(30-22)31-5-6-33-18(11-31)16-9-26-32(10-16)17-3-4-17/h9-10,14-15,17-18,21H,3-8,11H2,1-2H3/t14-,15+,18-/m1/s1. The van der Waals surface area contributed by atoms with E-state index in [9.17, 15) is 8.78 Å². The number of fused-ring (bicyclic) bond motifs is 1. The molecular formula is C23H27F2N7O. The number of aryl methyl sites for hydroxylation is 2. The van der Waals surface area contributed by atoms with Crippen LogP contribution in [0.1, 0.15) is 66.4 Å². The lowest BCUT2D eigenvalue weighted by Gasteiger charge is -2.36. The van der Waals surface area contributed by atoms with Gasteiger partial charge in [-0.1, -0.05) is 0 Å². The average Bonchev–Trinajstić information content (AvgIpc) is 3.50. The summed E-state index contributed by atoms with van der Waals surface area (Å²) in [5, 5.41) is 4.49. The number of aromatic nitrogens is 6. The molecule has 2 saturated carbocycles. The molecule has 0 bridgehead atoms. The van der Waals surface area contributed by atoms with Crippen molar-refractivity contribution in [1.82, 2.24) is 29.7 Å². The van der Waals surface area contributed by atoms with Crippen LogP contribution in [0, 0.1) is 19.8 Å². The van der Waals surface area contributed by atoms with Crippen LogP contribution in [0.15, 0.2) is 12.4 Å². The number of morpholine rings is 1. The predicted molar refractivity (Wildman–Crippen MR) is 117 cm³/mol. The molecule has 0 amide bonds. The van der Waals surface area contributed by atoms with Gasteiger partial charge in [0.2, 0.25) is 12.4 Å². The van der Waals surface area contributed by atoms with Crippen LogP contribution in [-0.2, 0) is 4.74 Å². The smallest absolute Gasteiger partial charge is 0.241 e. The van der Waals surface area contributed by atoms with E-state index in [4.69, 9.17) is 19.7 Å². The molecule has 2 aliphatic carbocycles. The molecule has 0 aromatic carbocycles. The first-order valence-corrected chi connectivity index (χ1v) is 11.7. The second kappa shape index (κ2) is 7.93. The van der Waals surface area contributed by atoms with Gasteiger partial charge in [0.05, 0.1) is 42.5 Å². The zero-order chi connectivity index (χ0) is 22.7. The fraction of sp³-hybridized carbons (Fsp3) is 0.609. The first-order valence-electron chi connectivity index (χ1n) is 11.7. The zero-order valence-electron chi connectivity index (χ0n) is 18.8. The van der Waals surface area contributed by atoms with Crippen LogP contribution in [0.2, 0.25) is 0 Å². The molecule has 3 aliphatic rings. The maximum atomic E-state index is 13.1. The van der Waals surface area contributed by atoms with Crippen molar-refractivity contribution in [1.29, 1.82) is 0 Å². The molecule has 0 unspecified atom stereocenters. The van der Waals surface area contributed by atoms with Crippen LogP contribution in [0.5, 0.6) is 0 Å². The van der Waals surface area contributed by atoms with E-state index in [1.165, 1.54) is 12.8 Å². The highest BCUT2D eigenvalue weighted by atomic mass is 19.3. The minimum atomic E-state index is -2.29. The molecule has 1 saturated heterocycles. The Hall–Kier alpha value is -2.75. The molecule has 174 valence electrons. The van der Waals surface area contributed by atoms with Gasteiger partial charge in [0, 0.05) is 30.1 Å². The van der Waals surface area contributed by atoms with Crippen LogP contribution >= 0.6 is 0 Å². The van der Waals surface area contributed by atoms with E-state index in [1.54, 1.807) is 0 Å². The van der Waals surface area contributed by atoms with E-state index in [0.717, 1.165) is 22.6 Å². The zero-order valence-corrected chi connectivity index (χ0v) is 18.8. The molecule has 6 rings (SSSR count). The summed E-state index contributed by atoms with van der Waals surface area (Å²) in [6.45, 7) is 5.61. The second-order valence-corrected chi connectivity index (χ2v) is 9.53. The molecule has 8 nitrogen and oxygen atoms in total. The SMILES string of the molecule is Cc1nc2nc(N3CCO[C@@H](c4cnn(C5CC5)c4)C3)nc([C@H]3C[C@@H](C(F)F)C3)c2nc1C. The number of hydrogen-bond acceptors (Lipinski definition) is 7. The summed E-state index contributed by atoms with van der Waals surface area (Å²) < 4.78 is 34.3. The number of halogens is 2. The largest absolute Gasteiger partial charge is 0.370 e. The Kier molecular flexibility index (Phi) is 5.01. The van der Waals surface area contributed by atoms with E-state index >= 15 is 0 Å². The number of alkyl halides is 2. The van der Waals surface area contributed by atoms with Crippen molar-refractivity contribution in [2.75, 3.05) is 24.6 Å². The van der Waals surface area contributed by atoms with E-state index in [0.29, 0.717) is 55.7 Å². The summed E-state index contributed by atoms with van der Waals surface area (Å²) in [5.41, 5.74) is 4.58. The third-order valence-corrected chi connectivity index (χ3v) is 7.14. The highest BCUT2D eigenvalue weighted by molar-refractivity contribution is 5.75. The Morgan fingerprint density at radius 3 is 2.61 bits per heavy atom. The number of ether oxygens (including phenoxy) is 1. The van der Waals surface area contributed by atoms with Crippen molar-refractivity contribution < 1.29 is 13.5 Å². The summed E-state index contributed by atoms with van der Waals surface area (Å²) >= 11 is 0. The molecule has 10 heteroatoms. The molecule has 4 heterocycles. The molecule has 3 aromatic rings. The van der Waals surface area contributed by atoms with Gasteiger partial charge in [-0.2, -0.15) is 10.1 Å². The van der Waals surface area contributed by atoms with Crippen molar-refractivity contribution in [3.05, 3.63) is 35.0 Å². The van der Waals surface area contributed by atoms with Gasteiger partial charge in [0.25, 0.3) is 0 Å². The fourth-order valence-corrected chi connectivity index (χ4v) is 4.73. The van der Waals surface area contributed by atoms with Crippen molar-refractivity contribution in [3.63, 3.8) is 0 Å². The molecule has 3 aromatic heterocycles. The fourth-order valence-electron chi connectivity index (χ4n) is 4.73. The lowest BCUT2D eigenvalue weighted by Crippen LogP contribution is -2.39. The van der Waals surface area contributed by atoms with E-state index < -0.39 is 12.3 Å². The summed E-state index contributed by atoms with van der Waals surface area (Å²) in [7, 11) is 0. The van der Waals surface area contributed by atoms with Crippen molar-refractivity contribution in [2.45, 2.75) is 64.0 Å². The molecule has 1 aliphatic heterocycles. The van der Waals surface area contributed by atoms with E-state index in [2.05, 4.69) is 21.2 Å². The summed E-state index contributed by atoms with van der Waals surface area (Å²) in [6, 6.07) is 0.523. The van der Waals surface area contributed by atoms with Gasteiger partial charge in [0.15, 0.2) is 5.65 Å². The highest BCUT2D eigenvalue weighted by Crippen LogP contribution is 2.45. The lowest BCUT2D eigenvalue weighted by atomic mass is 9.73. The van der Waals surface area contributed by atoms with Crippen LogP contribution in [0.4, 0.5) is 14.7 Å². The van der Waals surface area contributed by atoms with Gasteiger partial charge in [-0.25, -0.2) is 23.7 Å². The monoisotopic (exact) mass is 455 g/mol. The van der Waals surface area contributed by atoms with Crippen molar-refractivity contribution in [3.8, 4) is 0 Å². The van der Waals surface area contributed by atoms with Crippen molar-refractivity contribution in [2.24, 2.45) is 5.92 Å². The topological polar surface area (TPSA) is 81.9 Å². The maximum Gasteiger partial charge on any atom is 0.241 e. The third kappa shape index (κ3) is 3.84. The Labute approximate surface area is 190 Å². The highest BCUT2D eigenvalue weighted by Gasteiger charge is 2.39. The lowest BCUT2D eigenvalue weighted by molar-refractivity contribution is 0.0220. The molecule has 33 heavy (non-hydrogen) atoms. The first kappa shape index (κ1) is 20.8. The average molecular weight is 456 g/mol. The number of anilines is 1. The van der Waals surface area contributed by atoms with Gasteiger partial charge >= 0.3 is 0 Å². The predicted octanol–water partition coefficient (Wildman–Crippen LogP) is 3.90. The molecular weight excluding hydrogens is 428 g/mol. The van der Waals surface area contributed by atoms with Crippen LogP contribution in [0.25, 0.3) is 11.2 Å². The van der Waals surface area contributed by atoms with Crippen LogP contribution < -0.4 is 4.90 Å². The first-order chi connectivity index (χ1) is 16.0. The Morgan fingerprint density at radius 2 is 1.85 bits per heavy atom. The molecule has 0 spiro atoms. The molecule has 3 fully saturated rings. The van der Waals surface area contributed by atoms with Crippen molar-refractivity contribution >= 4 is 17.1 Å². The third-order valence-electron chi connectivity index (χ3n) is 7.14. The maximum absolute atomic E-state index is 13.1. The van der Waals surface area contributed by atoms with Gasteiger partial charge < -0.3 is 9.64 Å². The summed E-state index contributed by atoms with van der Waals surface area (Å²) in [4.78, 5) is 21.1. The molecule has 0 N–H and O–H groups in total. The van der Waals surface area contributed by atoms with Gasteiger partial charge in [-0.05, 0) is 39.5 Å². The number of nitrogens with zero attached hydrogens (tertiary/aromatic N) is 7. The van der Waals surface area contributed by atoms with Gasteiger partial charge in [-0.3, -0.25) is 4.68 Å². The van der Waals surface area contributed by atoms with Gasteiger partial charge in [-0.15, -0.1) is 0 Å². The Balaban J connectivity index is 1.32. The van der Waals surface area contributed by atoms with E-state index in [-0.39, 0.29) is 12.0 Å². The summed E-state index contributed by atoms with van der Waals surface area (Å²) in [6.07, 6.45) is 4.76. The van der Waals surface area contributed by atoms with Crippen LogP contribution in [-0.4, -0.2) is 55.8 Å². The Morgan fingerprint density at radius 1 is 1.06 bits per heavy atom. The summed E-state index contributed by atoms with van der Waals surface area (Å²) in [5.74, 6) is -0.0459. The molecule has 1 atom stereocenters. The van der Waals surface area contributed by atoms with Crippen LogP contribution in [0.3, 0.4) is 0 Å². The van der Waals surface area contributed by atoms with Gasteiger partial charge in [0.1, 0.15) is 11.6 Å². The number of hydrogen-bond donors (Lipinski definition) is 0. The minimum Gasteiger partial charge on any atom is -0.370 e. The Bertz CT molecular complexity index is 1190. The normalized spacial score (nSPS) is 25.6. The minimum absolute atomic E-state index is 0.0433. The quantitative estimate of drug-likeness (QED) is 0.577. The van der Waals surface area contributed by atoms with E-state index in [1.807, 2.05) is 24.7 Å².